The average molecular weight is 380 g/mol. The second-order valence-corrected chi connectivity index (χ2v) is 7.09. The summed E-state index contributed by atoms with van der Waals surface area (Å²) in [6.07, 6.45) is -2.74. The maximum atomic E-state index is 13.1. The third-order valence-electron chi connectivity index (χ3n) is 5.68. The number of carbonyl (C=O) groups excluding carboxylic acids is 1. The molecule has 0 aromatic rings. The number of likely N-dealkylation sites (tertiary alicyclic amines) is 1. The van der Waals surface area contributed by atoms with E-state index in [1.54, 1.807) is 0 Å². The van der Waals surface area contributed by atoms with Crippen molar-refractivity contribution in [1.82, 2.24) is 10.2 Å². The fourth-order valence-electron chi connectivity index (χ4n) is 4.27. The lowest BCUT2D eigenvalue weighted by atomic mass is 9.70. The Balaban J connectivity index is 1.64. The highest BCUT2D eigenvalue weighted by atomic mass is 19.4. The van der Waals surface area contributed by atoms with Crippen molar-refractivity contribution in [2.45, 2.75) is 50.1 Å². The van der Waals surface area contributed by atoms with Crippen LogP contribution in [0.4, 0.5) is 18.0 Å². The van der Waals surface area contributed by atoms with Gasteiger partial charge in [0.25, 0.3) is 0 Å². The zero-order chi connectivity index (χ0) is 19.1. The second-order valence-electron chi connectivity index (χ2n) is 7.09. The first-order chi connectivity index (χ1) is 12.2. The number of aliphatic carboxylic acids is 1. The first-order valence-electron chi connectivity index (χ1n) is 8.79. The summed E-state index contributed by atoms with van der Waals surface area (Å²) in [5, 5.41) is 11.8. The number of urea groups is 1. The van der Waals surface area contributed by atoms with Gasteiger partial charge in [0.2, 0.25) is 0 Å². The quantitative estimate of drug-likeness (QED) is 0.774. The number of nitrogens with one attached hydrogen (secondary N) is 1. The molecule has 3 fully saturated rings. The summed E-state index contributed by atoms with van der Waals surface area (Å²) in [7, 11) is 0. The minimum atomic E-state index is -4.66. The number of rotatable bonds is 4. The van der Waals surface area contributed by atoms with Crippen molar-refractivity contribution in [1.29, 1.82) is 0 Å². The van der Waals surface area contributed by atoms with Gasteiger partial charge in [-0.3, -0.25) is 4.79 Å². The minimum absolute atomic E-state index is 0.145. The van der Waals surface area contributed by atoms with E-state index in [9.17, 15) is 22.8 Å². The number of carboxylic acids is 1. The molecule has 1 aliphatic carbocycles. The maximum absolute atomic E-state index is 13.1. The fourth-order valence-corrected chi connectivity index (χ4v) is 4.27. The van der Waals surface area contributed by atoms with Gasteiger partial charge in [-0.25, -0.2) is 4.79 Å². The molecule has 1 spiro atoms. The van der Waals surface area contributed by atoms with Crippen LogP contribution < -0.4 is 5.32 Å². The zero-order valence-corrected chi connectivity index (χ0v) is 14.4. The molecule has 7 nitrogen and oxygen atoms in total. The SMILES string of the molecule is CCOC1CC(NC(=O)N2C[C@@H](C(F)(F)F)[C@H](C(=O)O)C2)C12CCCO2. The Morgan fingerprint density at radius 3 is 2.62 bits per heavy atom. The van der Waals surface area contributed by atoms with Gasteiger partial charge in [-0.1, -0.05) is 0 Å². The number of hydrogen-bond acceptors (Lipinski definition) is 4. The van der Waals surface area contributed by atoms with E-state index in [1.165, 1.54) is 0 Å². The highest BCUT2D eigenvalue weighted by Crippen LogP contribution is 2.46. The van der Waals surface area contributed by atoms with Crippen molar-refractivity contribution in [3.8, 4) is 0 Å². The van der Waals surface area contributed by atoms with Gasteiger partial charge >= 0.3 is 18.2 Å². The van der Waals surface area contributed by atoms with Gasteiger partial charge in [-0.05, 0) is 26.2 Å². The molecular formula is C16H23F3N2O5. The lowest BCUT2D eigenvalue weighted by Gasteiger charge is -2.52. The molecule has 0 bridgehead atoms. The Bertz CT molecular complexity index is 565. The number of nitrogens with zero attached hydrogens (tertiary/aromatic N) is 1. The normalized spacial score (nSPS) is 37.0. The summed E-state index contributed by atoms with van der Waals surface area (Å²) in [5.41, 5.74) is -0.624. The molecule has 0 aromatic carbocycles. The van der Waals surface area contributed by atoms with E-state index in [4.69, 9.17) is 14.6 Å². The highest BCUT2D eigenvalue weighted by Gasteiger charge is 2.60. The molecule has 0 aromatic heterocycles. The molecular weight excluding hydrogens is 357 g/mol. The molecule has 26 heavy (non-hydrogen) atoms. The predicted molar refractivity (Wildman–Crippen MR) is 82.5 cm³/mol. The fraction of sp³-hybridized carbons (Fsp3) is 0.875. The second kappa shape index (κ2) is 6.88. The lowest BCUT2D eigenvalue weighted by molar-refractivity contribution is -0.195. The molecule has 2 aliphatic heterocycles. The maximum Gasteiger partial charge on any atom is 0.394 e. The van der Waals surface area contributed by atoms with Crippen LogP contribution in [0.2, 0.25) is 0 Å². The Labute approximate surface area is 148 Å². The van der Waals surface area contributed by atoms with Gasteiger partial charge in [-0.2, -0.15) is 13.2 Å². The van der Waals surface area contributed by atoms with E-state index in [1.807, 2.05) is 6.92 Å². The van der Waals surface area contributed by atoms with Crippen LogP contribution in [-0.4, -0.2) is 72.2 Å². The summed E-state index contributed by atoms with van der Waals surface area (Å²) in [6, 6.07) is -1.03. The van der Waals surface area contributed by atoms with E-state index < -0.39 is 48.7 Å². The molecule has 0 radical (unpaired) electrons. The van der Waals surface area contributed by atoms with E-state index in [2.05, 4.69) is 5.32 Å². The summed E-state index contributed by atoms with van der Waals surface area (Å²) in [4.78, 5) is 24.5. The van der Waals surface area contributed by atoms with Gasteiger partial charge < -0.3 is 24.8 Å². The Morgan fingerprint density at radius 1 is 1.38 bits per heavy atom. The molecule has 1 saturated carbocycles. The molecule has 10 heteroatoms. The van der Waals surface area contributed by atoms with Crippen molar-refractivity contribution in [2.24, 2.45) is 11.8 Å². The van der Waals surface area contributed by atoms with Crippen molar-refractivity contribution in [3.63, 3.8) is 0 Å². The first kappa shape index (κ1) is 19.2. The van der Waals surface area contributed by atoms with Crippen LogP contribution in [0.3, 0.4) is 0 Å². The standard InChI is InChI=1S/C16H23F3N2O5/c1-2-25-12-6-11(15(12)4-3-5-26-15)20-14(24)21-7-9(13(22)23)10(8-21)16(17,18)19/h9-12H,2-8H2,1H3,(H,20,24)(H,22,23)/t9-,10-,11?,12?,15?/m1/s1. The Hall–Kier alpha value is -1.55. The molecule has 3 unspecified atom stereocenters. The number of amides is 2. The largest absolute Gasteiger partial charge is 0.481 e. The van der Waals surface area contributed by atoms with Crippen LogP contribution in [0.25, 0.3) is 0 Å². The van der Waals surface area contributed by atoms with Crippen LogP contribution >= 0.6 is 0 Å². The van der Waals surface area contributed by atoms with Crippen molar-refractivity contribution >= 4 is 12.0 Å². The smallest absolute Gasteiger partial charge is 0.394 e. The van der Waals surface area contributed by atoms with E-state index in [0.29, 0.717) is 26.1 Å². The van der Waals surface area contributed by atoms with Crippen LogP contribution in [0.15, 0.2) is 0 Å². The number of carboxylic acid groups (broad SMARTS) is 1. The van der Waals surface area contributed by atoms with Gasteiger partial charge in [0.1, 0.15) is 5.60 Å². The number of alkyl halides is 3. The van der Waals surface area contributed by atoms with Crippen molar-refractivity contribution < 1.29 is 37.3 Å². The van der Waals surface area contributed by atoms with Crippen LogP contribution in [0, 0.1) is 11.8 Å². The summed E-state index contributed by atoms with van der Waals surface area (Å²) < 4.78 is 50.7. The number of ether oxygens (including phenoxy) is 2. The van der Waals surface area contributed by atoms with E-state index in [-0.39, 0.29) is 12.1 Å². The topological polar surface area (TPSA) is 88.1 Å². The number of carbonyl (C=O) groups is 2. The van der Waals surface area contributed by atoms with Crippen molar-refractivity contribution in [3.05, 3.63) is 0 Å². The Kier molecular flexibility index (Phi) is 5.08. The molecule has 148 valence electrons. The van der Waals surface area contributed by atoms with Crippen LogP contribution in [-0.2, 0) is 14.3 Å². The van der Waals surface area contributed by atoms with E-state index in [0.717, 1.165) is 11.3 Å². The Morgan fingerprint density at radius 2 is 2.12 bits per heavy atom. The van der Waals surface area contributed by atoms with Gasteiger partial charge in [0, 0.05) is 26.3 Å². The van der Waals surface area contributed by atoms with E-state index >= 15 is 0 Å². The lowest BCUT2D eigenvalue weighted by Crippen LogP contribution is -2.70. The van der Waals surface area contributed by atoms with Gasteiger partial charge in [0.15, 0.2) is 0 Å². The molecule has 2 saturated heterocycles. The summed E-state index contributed by atoms with van der Waals surface area (Å²) >= 11 is 0. The minimum Gasteiger partial charge on any atom is -0.481 e. The molecule has 3 aliphatic rings. The highest BCUT2D eigenvalue weighted by molar-refractivity contribution is 5.78. The van der Waals surface area contributed by atoms with Crippen LogP contribution in [0.1, 0.15) is 26.2 Å². The molecule has 5 atom stereocenters. The molecule has 3 rings (SSSR count). The summed E-state index contributed by atoms with van der Waals surface area (Å²) in [5.74, 6) is -5.24. The van der Waals surface area contributed by atoms with Crippen molar-refractivity contribution in [2.75, 3.05) is 26.3 Å². The third-order valence-corrected chi connectivity index (χ3v) is 5.68. The third kappa shape index (κ3) is 3.24. The molecule has 2 N–H and O–H groups in total. The predicted octanol–water partition coefficient (Wildman–Crippen LogP) is 1.62. The molecule has 2 heterocycles. The summed E-state index contributed by atoms with van der Waals surface area (Å²) in [6.45, 7) is 1.82. The average Bonchev–Trinajstić information content (AvgIpc) is 3.21. The molecule has 2 amide bonds. The zero-order valence-electron chi connectivity index (χ0n) is 14.4. The first-order valence-corrected chi connectivity index (χ1v) is 8.79. The number of halogens is 3. The van der Waals surface area contributed by atoms with Gasteiger partial charge in [0.05, 0.1) is 24.0 Å². The monoisotopic (exact) mass is 380 g/mol. The van der Waals surface area contributed by atoms with Crippen LogP contribution in [0.5, 0.6) is 0 Å². The number of hydrogen-bond donors (Lipinski definition) is 2. The van der Waals surface area contributed by atoms with Gasteiger partial charge in [-0.15, -0.1) is 0 Å².